The minimum Gasteiger partial charge on any atom is -0.463 e. The number of aryl methyl sites for hydroxylation is 2. The second-order valence-electron chi connectivity index (χ2n) is 8.36. The smallest absolute Gasteiger partial charge is 0.252 e. The van der Waals surface area contributed by atoms with Gasteiger partial charge in [0.1, 0.15) is 5.69 Å². The largest absolute Gasteiger partial charge is 0.463 e. The van der Waals surface area contributed by atoms with Crippen molar-refractivity contribution in [1.29, 1.82) is 0 Å². The number of nitrogens with one attached hydrogen (secondary N) is 1. The number of piperazine rings is 1. The van der Waals surface area contributed by atoms with Crippen LogP contribution in [0.1, 0.15) is 16.1 Å². The Morgan fingerprint density at radius 3 is 2.61 bits per heavy atom. The molecule has 4 aromatic rings. The number of benzene rings is 1. The van der Waals surface area contributed by atoms with Crippen LogP contribution < -0.4 is 10.2 Å². The molecule has 1 fully saturated rings. The zero-order chi connectivity index (χ0) is 22.8. The van der Waals surface area contributed by atoms with E-state index in [1.54, 1.807) is 17.0 Å². The van der Waals surface area contributed by atoms with Gasteiger partial charge in [-0.25, -0.2) is 4.98 Å². The second-order valence-corrected chi connectivity index (χ2v) is 8.36. The van der Waals surface area contributed by atoms with Crippen molar-refractivity contribution in [3.63, 3.8) is 0 Å². The highest BCUT2D eigenvalue weighted by Crippen LogP contribution is 2.27. The van der Waals surface area contributed by atoms with Gasteiger partial charge in [0, 0.05) is 52.0 Å². The SMILES string of the molecule is Cc1nn(C)c2nc(-c3ccco3)cc(C(=O)NCCN3CCN(c4ccccc4)CC3)c12. The third kappa shape index (κ3) is 4.34. The van der Waals surface area contributed by atoms with E-state index in [1.165, 1.54) is 5.69 Å². The highest BCUT2D eigenvalue weighted by Gasteiger charge is 2.21. The Morgan fingerprint density at radius 2 is 1.88 bits per heavy atom. The van der Waals surface area contributed by atoms with Crippen LogP contribution >= 0.6 is 0 Å². The maximum Gasteiger partial charge on any atom is 0.252 e. The highest BCUT2D eigenvalue weighted by atomic mass is 16.3. The number of rotatable bonds is 6. The van der Waals surface area contributed by atoms with Crippen LogP contribution in [0, 0.1) is 6.92 Å². The lowest BCUT2D eigenvalue weighted by Crippen LogP contribution is -2.48. The maximum atomic E-state index is 13.2. The van der Waals surface area contributed by atoms with Gasteiger partial charge in [-0.05, 0) is 37.3 Å². The number of carbonyl (C=O) groups is 1. The van der Waals surface area contributed by atoms with E-state index in [2.05, 4.69) is 49.5 Å². The zero-order valence-electron chi connectivity index (χ0n) is 19.0. The quantitative estimate of drug-likeness (QED) is 0.492. The first kappa shape index (κ1) is 21.2. The first-order valence-corrected chi connectivity index (χ1v) is 11.3. The van der Waals surface area contributed by atoms with Gasteiger partial charge in [0.15, 0.2) is 11.4 Å². The molecule has 1 saturated heterocycles. The summed E-state index contributed by atoms with van der Waals surface area (Å²) in [7, 11) is 1.84. The van der Waals surface area contributed by atoms with Gasteiger partial charge in [0.25, 0.3) is 5.91 Å². The zero-order valence-corrected chi connectivity index (χ0v) is 19.0. The number of pyridine rings is 1. The summed E-state index contributed by atoms with van der Waals surface area (Å²) in [6, 6.07) is 16.0. The predicted octanol–water partition coefficient (Wildman–Crippen LogP) is 3.09. The number of amides is 1. The molecule has 1 amide bonds. The van der Waals surface area contributed by atoms with Gasteiger partial charge in [-0.1, -0.05) is 18.2 Å². The van der Waals surface area contributed by atoms with Gasteiger partial charge in [0.2, 0.25) is 0 Å². The van der Waals surface area contributed by atoms with Crippen LogP contribution in [0.15, 0.2) is 59.2 Å². The maximum absolute atomic E-state index is 13.2. The molecule has 8 nitrogen and oxygen atoms in total. The molecular formula is C25H28N6O2. The number of hydrogen-bond donors (Lipinski definition) is 1. The molecule has 170 valence electrons. The van der Waals surface area contributed by atoms with E-state index >= 15 is 0 Å². The molecule has 1 N–H and O–H groups in total. The van der Waals surface area contributed by atoms with Crippen LogP contribution in [0.2, 0.25) is 0 Å². The summed E-state index contributed by atoms with van der Waals surface area (Å²) in [6.45, 7) is 7.25. The fraction of sp³-hybridized carbons (Fsp3) is 0.320. The number of anilines is 1. The molecule has 0 radical (unpaired) electrons. The minimum absolute atomic E-state index is 0.116. The normalized spacial score (nSPS) is 14.7. The number of furan rings is 1. The number of nitrogens with zero attached hydrogens (tertiary/aromatic N) is 5. The summed E-state index contributed by atoms with van der Waals surface area (Å²) in [5.74, 6) is 0.510. The van der Waals surface area contributed by atoms with E-state index in [4.69, 9.17) is 4.42 Å². The average Bonchev–Trinajstić information content (AvgIpc) is 3.48. The van der Waals surface area contributed by atoms with Gasteiger partial charge in [-0.15, -0.1) is 0 Å². The second kappa shape index (κ2) is 9.07. The third-order valence-electron chi connectivity index (χ3n) is 6.19. The van der Waals surface area contributed by atoms with Crippen molar-refractivity contribution >= 4 is 22.6 Å². The van der Waals surface area contributed by atoms with E-state index in [9.17, 15) is 4.79 Å². The summed E-state index contributed by atoms with van der Waals surface area (Å²) in [4.78, 5) is 22.7. The summed E-state index contributed by atoms with van der Waals surface area (Å²) in [5.41, 5.74) is 3.92. The Kier molecular flexibility index (Phi) is 5.83. The molecule has 0 saturated carbocycles. The lowest BCUT2D eigenvalue weighted by molar-refractivity contribution is 0.0949. The Morgan fingerprint density at radius 1 is 1.09 bits per heavy atom. The molecule has 0 spiro atoms. The van der Waals surface area contributed by atoms with Crippen molar-refractivity contribution in [3.8, 4) is 11.5 Å². The molecule has 8 heteroatoms. The van der Waals surface area contributed by atoms with Crippen LogP contribution in [0.3, 0.4) is 0 Å². The van der Waals surface area contributed by atoms with Crippen molar-refractivity contribution in [3.05, 3.63) is 66.1 Å². The number of aromatic nitrogens is 3. The monoisotopic (exact) mass is 444 g/mol. The Hall–Kier alpha value is -3.65. The molecule has 1 aliphatic heterocycles. The van der Waals surface area contributed by atoms with Crippen LogP contribution in [-0.4, -0.2) is 64.8 Å². The minimum atomic E-state index is -0.116. The first-order chi connectivity index (χ1) is 16.1. The van der Waals surface area contributed by atoms with Crippen LogP contribution in [0.4, 0.5) is 5.69 Å². The number of hydrogen-bond acceptors (Lipinski definition) is 6. The number of carbonyl (C=O) groups excluding carboxylic acids is 1. The van der Waals surface area contributed by atoms with Gasteiger partial charge in [-0.2, -0.15) is 5.10 Å². The van der Waals surface area contributed by atoms with E-state index in [0.29, 0.717) is 29.2 Å². The van der Waals surface area contributed by atoms with Crippen molar-refractivity contribution in [2.24, 2.45) is 7.05 Å². The molecule has 1 aromatic carbocycles. The summed E-state index contributed by atoms with van der Waals surface area (Å²) in [6.07, 6.45) is 1.60. The summed E-state index contributed by atoms with van der Waals surface area (Å²) in [5, 5.41) is 8.35. The van der Waals surface area contributed by atoms with Gasteiger partial charge >= 0.3 is 0 Å². The van der Waals surface area contributed by atoms with Gasteiger partial charge in [-0.3, -0.25) is 14.4 Å². The Labute approximate surface area is 192 Å². The lowest BCUT2D eigenvalue weighted by atomic mass is 10.1. The van der Waals surface area contributed by atoms with Gasteiger partial charge < -0.3 is 14.6 Å². The predicted molar refractivity (Wildman–Crippen MR) is 128 cm³/mol. The molecule has 3 aromatic heterocycles. The Balaban J connectivity index is 1.24. The number of para-hydroxylation sites is 1. The summed E-state index contributed by atoms with van der Waals surface area (Å²) >= 11 is 0. The molecule has 4 heterocycles. The molecule has 1 aliphatic rings. The molecule has 0 aliphatic carbocycles. The van der Waals surface area contributed by atoms with Crippen LogP contribution in [0.25, 0.3) is 22.5 Å². The number of fused-ring (bicyclic) bond motifs is 1. The lowest BCUT2D eigenvalue weighted by Gasteiger charge is -2.36. The van der Waals surface area contributed by atoms with E-state index in [-0.39, 0.29) is 5.91 Å². The van der Waals surface area contributed by atoms with Crippen molar-refractivity contribution in [2.75, 3.05) is 44.2 Å². The fourth-order valence-corrected chi connectivity index (χ4v) is 4.47. The average molecular weight is 445 g/mol. The van der Waals surface area contributed by atoms with Crippen molar-refractivity contribution in [1.82, 2.24) is 25.0 Å². The van der Waals surface area contributed by atoms with E-state index in [1.807, 2.05) is 32.2 Å². The van der Waals surface area contributed by atoms with E-state index < -0.39 is 0 Å². The van der Waals surface area contributed by atoms with Crippen molar-refractivity contribution < 1.29 is 9.21 Å². The first-order valence-electron chi connectivity index (χ1n) is 11.3. The fourth-order valence-electron chi connectivity index (χ4n) is 4.47. The molecular weight excluding hydrogens is 416 g/mol. The highest BCUT2D eigenvalue weighted by molar-refractivity contribution is 6.07. The Bertz CT molecular complexity index is 1240. The summed E-state index contributed by atoms with van der Waals surface area (Å²) < 4.78 is 7.22. The molecule has 0 unspecified atom stereocenters. The van der Waals surface area contributed by atoms with Crippen LogP contribution in [-0.2, 0) is 7.05 Å². The van der Waals surface area contributed by atoms with Crippen molar-refractivity contribution in [2.45, 2.75) is 6.92 Å². The third-order valence-corrected chi connectivity index (χ3v) is 6.19. The van der Waals surface area contributed by atoms with Crippen LogP contribution in [0.5, 0.6) is 0 Å². The molecule has 5 rings (SSSR count). The molecule has 0 atom stereocenters. The van der Waals surface area contributed by atoms with E-state index in [0.717, 1.165) is 43.8 Å². The topological polar surface area (TPSA) is 79.4 Å². The molecule has 0 bridgehead atoms. The van der Waals surface area contributed by atoms with Gasteiger partial charge in [0.05, 0.1) is 22.9 Å². The molecule has 33 heavy (non-hydrogen) atoms. The standard InChI is InChI=1S/C25H28N6O2/c1-18-23-20(17-21(22-9-6-16-33-22)27-24(23)29(2)28-18)25(32)26-10-11-30-12-14-31(15-13-30)19-7-4-3-5-8-19/h3-9,16-17H,10-15H2,1-2H3,(H,26,32).